The number of benzene rings is 1. The number of methoxy groups -OCH3 is 1. The molecule has 1 aliphatic heterocycles. The van der Waals surface area contributed by atoms with Gasteiger partial charge in [-0.3, -0.25) is 10.1 Å². The second-order valence-corrected chi connectivity index (χ2v) is 7.00. The Kier molecular flexibility index (Phi) is 5.84. The Labute approximate surface area is 147 Å². The van der Waals surface area contributed by atoms with Gasteiger partial charge in [-0.25, -0.2) is 4.79 Å². The maximum absolute atomic E-state index is 12.3. The van der Waals surface area contributed by atoms with Crippen molar-refractivity contribution in [2.45, 2.75) is 32.4 Å². The van der Waals surface area contributed by atoms with Crippen molar-refractivity contribution in [1.29, 1.82) is 0 Å². The molecule has 0 saturated carbocycles. The summed E-state index contributed by atoms with van der Waals surface area (Å²) in [5.41, 5.74) is 0.388. The number of hydrogen-bond donors (Lipinski definition) is 0. The smallest absolute Gasteiger partial charge is 0.410 e. The SMILES string of the molecule is COC[C@H]1CN(C(=O)OC(C)(C)C)CCN1c1ccc([N+](=O)[O-])cc1. The minimum absolute atomic E-state index is 0.0484. The summed E-state index contributed by atoms with van der Waals surface area (Å²) in [6.07, 6.45) is -0.336. The Bertz CT molecular complexity index is 612. The number of carbonyl (C=O) groups is 1. The highest BCUT2D eigenvalue weighted by Crippen LogP contribution is 2.24. The first-order valence-corrected chi connectivity index (χ1v) is 8.19. The molecule has 138 valence electrons. The number of rotatable bonds is 4. The van der Waals surface area contributed by atoms with Gasteiger partial charge < -0.3 is 19.3 Å². The van der Waals surface area contributed by atoms with Crippen molar-refractivity contribution in [3.63, 3.8) is 0 Å². The van der Waals surface area contributed by atoms with E-state index in [-0.39, 0.29) is 17.8 Å². The molecule has 0 spiro atoms. The van der Waals surface area contributed by atoms with Crippen molar-refractivity contribution >= 4 is 17.5 Å². The maximum Gasteiger partial charge on any atom is 0.410 e. The molecule has 1 heterocycles. The lowest BCUT2D eigenvalue weighted by Gasteiger charge is -2.42. The number of nitro benzene ring substituents is 1. The van der Waals surface area contributed by atoms with Crippen LogP contribution in [0.5, 0.6) is 0 Å². The fourth-order valence-corrected chi connectivity index (χ4v) is 2.79. The summed E-state index contributed by atoms with van der Waals surface area (Å²) in [5, 5.41) is 10.8. The van der Waals surface area contributed by atoms with E-state index < -0.39 is 10.5 Å². The number of piperazine rings is 1. The largest absolute Gasteiger partial charge is 0.444 e. The summed E-state index contributed by atoms with van der Waals surface area (Å²) in [6, 6.07) is 6.37. The van der Waals surface area contributed by atoms with Gasteiger partial charge in [0.1, 0.15) is 5.60 Å². The average molecular weight is 351 g/mol. The van der Waals surface area contributed by atoms with Crippen LogP contribution < -0.4 is 4.90 Å². The number of nitro groups is 1. The lowest BCUT2D eigenvalue weighted by atomic mass is 10.1. The highest BCUT2D eigenvalue weighted by molar-refractivity contribution is 5.69. The Morgan fingerprint density at radius 2 is 1.92 bits per heavy atom. The van der Waals surface area contributed by atoms with Gasteiger partial charge in [0.2, 0.25) is 0 Å². The van der Waals surface area contributed by atoms with E-state index in [2.05, 4.69) is 4.90 Å². The van der Waals surface area contributed by atoms with Crippen molar-refractivity contribution in [2.24, 2.45) is 0 Å². The molecular weight excluding hydrogens is 326 g/mol. The monoisotopic (exact) mass is 351 g/mol. The summed E-state index contributed by atoms with van der Waals surface area (Å²) < 4.78 is 10.7. The Morgan fingerprint density at radius 3 is 2.44 bits per heavy atom. The zero-order valence-corrected chi connectivity index (χ0v) is 15.1. The molecule has 8 nitrogen and oxygen atoms in total. The van der Waals surface area contributed by atoms with E-state index in [1.165, 1.54) is 12.1 Å². The molecule has 0 N–H and O–H groups in total. The van der Waals surface area contributed by atoms with Gasteiger partial charge in [-0.05, 0) is 32.9 Å². The topological polar surface area (TPSA) is 85.1 Å². The zero-order valence-electron chi connectivity index (χ0n) is 15.1. The molecular formula is C17H25N3O5. The molecule has 0 bridgehead atoms. The van der Waals surface area contributed by atoms with Gasteiger partial charge >= 0.3 is 6.09 Å². The van der Waals surface area contributed by atoms with E-state index in [0.717, 1.165) is 5.69 Å². The lowest BCUT2D eigenvalue weighted by Crippen LogP contribution is -2.57. The molecule has 1 atom stereocenters. The molecule has 0 radical (unpaired) electrons. The van der Waals surface area contributed by atoms with Crippen LogP contribution in [0.4, 0.5) is 16.2 Å². The summed E-state index contributed by atoms with van der Waals surface area (Å²) in [7, 11) is 1.61. The molecule has 1 aromatic rings. The Hall–Kier alpha value is -2.35. The van der Waals surface area contributed by atoms with Crippen LogP contribution in [0.2, 0.25) is 0 Å². The molecule has 0 unspecified atom stereocenters. The summed E-state index contributed by atoms with van der Waals surface area (Å²) in [6.45, 7) is 7.55. The van der Waals surface area contributed by atoms with Crippen LogP contribution >= 0.6 is 0 Å². The molecule has 8 heteroatoms. The Morgan fingerprint density at radius 1 is 1.28 bits per heavy atom. The van der Waals surface area contributed by atoms with Gasteiger partial charge in [-0.1, -0.05) is 0 Å². The minimum Gasteiger partial charge on any atom is -0.444 e. The molecule has 1 amide bonds. The lowest BCUT2D eigenvalue weighted by molar-refractivity contribution is -0.384. The van der Waals surface area contributed by atoms with Gasteiger partial charge in [0.25, 0.3) is 5.69 Å². The number of amides is 1. The van der Waals surface area contributed by atoms with E-state index in [1.807, 2.05) is 20.8 Å². The van der Waals surface area contributed by atoms with E-state index in [1.54, 1.807) is 24.1 Å². The number of hydrogen-bond acceptors (Lipinski definition) is 6. The fourth-order valence-electron chi connectivity index (χ4n) is 2.79. The molecule has 1 aromatic carbocycles. The predicted molar refractivity (Wildman–Crippen MR) is 93.9 cm³/mol. The summed E-state index contributed by atoms with van der Waals surface area (Å²) in [5.74, 6) is 0. The molecule has 25 heavy (non-hydrogen) atoms. The van der Waals surface area contributed by atoms with Crippen LogP contribution in [0.3, 0.4) is 0 Å². The average Bonchev–Trinajstić information content (AvgIpc) is 2.53. The standard InChI is InChI=1S/C17H25N3O5/c1-17(2,3)25-16(21)18-9-10-19(15(11-18)12-24-4)13-5-7-14(8-6-13)20(22)23/h5-8,15H,9-12H2,1-4H3/t15-/m1/s1. The molecule has 0 aliphatic carbocycles. The van der Waals surface area contributed by atoms with Gasteiger partial charge in [-0.15, -0.1) is 0 Å². The molecule has 2 rings (SSSR count). The van der Waals surface area contributed by atoms with Gasteiger partial charge in [-0.2, -0.15) is 0 Å². The van der Waals surface area contributed by atoms with E-state index in [4.69, 9.17) is 9.47 Å². The third-order valence-electron chi connectivity index (χ3n) is 3.89. The number of ether oxygens (including phenoxy) is 2. The third-order valence-corrected chi connectivity index (χ3v) is 3.89. The van der Waals surface area contributed by atoms with Crippen LogP contribution in [-0.4, -0.2) is 60.9 Å². The summed E-state index contributed by atoms with van der Waals surface area (Å²) in [4.78, 5) is 26.5. The molecule has 1 saturated heterocycles. The van der Waals surface area contributed by atoms with Gasteiger partial charge in [0, 0.05) is 44.6 Å². The van der Waals surface area contributed by atoms with Crippen LogP contribution in [0.25, 0.3) is 0 Å². The highest BCUT2D eigenvalue weighted by atomic mass is 16.6. The predicted octanol–water partition coefficient (Wildman–Crippen LogP) is 2.67. The normalized spacial score (nSPS) is 18.2. The number of anilines is 1. The van der Waals surface area contributed by atoms with Crippen molar-refractivity contribution in [2.75, 3.05) is 38.3 Å². The third kappa shape index (κ3) is 5.06. The molecule has 1 aliphatic rings. The van der Waals surface area contributed by atoms with E-state index in [9.17, 15) is 14.9 Å². The van der Waals surface area contributed by atoms with Crippen molar-refractivity contribution in [3.8, 4) is 0 Å². The second-order valence-electron chi connectivity index (χ2n) is 7.00. The van der Waals surface area contributed by atoms with E-state index >= 15 is 0 Å². The fraction of sp³-hybridized carbons (Fsp3) is 0.588. The van der Waals surface area contributed by atoms with Crippen LogP contribution in [0.1, 0.15) is 20.8 Å². The quantitative estimate of drug-likeness (QED) is 0.612. The van der Waals surface area contributed by atoms with Crippen LogP contribution in [-0.2, 0) is 9.47 Å². The summed E-state index contributed by atoms with van der Waals surface area (Å²) >= 11 is 0. The number of carbonyl (C=O) groups excluding carboxylic acids is 1. The zero-order chi connectivity index (χ0) is 18.6. The van der Waals surface area contributed by atoms with Crippen molar-refractivity contribution in [3.05, 3.63) is 34.4 Å². The first-order chi connectivity index (χ1) is 11.7. The second kappa shape index (κ2) is 7.69. The molecule has 1 fully saturated rings. The molecule has 0 aromatic heterocycles. The number of nitrogens with zero attached hydrogens (tertiary/aromatic N) is 3. The van der Waals surface area contributed by atoms with E-state index in [0.29, 0.717) is 26.2 Å². The highest BCUT2D eigenvalue weighted by Gasteiger charge is 2.32. The van der Waals surface area contributed by atoms with Crippen LogP contribution in [0, 0.1) is 10.1 Å². The number of non-ortho nitro benzene ring substituents is 1. The minimum atomic E-state index is -0.538. The van der Waals surface area contributed by atoms with Gasteiger partial charge in [0.15, 0.2) is 0 Å². The van der Waals surface area contributed by atoms with Gasteiger partial charge in [0.05, 0.1) is 17.6 Å². The first-order valence-electron chi connectivity index (χ1n) is 8.19. The van der Waals surface area contributed by atoms with Crippen LogP contribution in [0.15, 0.2) is 24.3 Å². The first kappa shape index (κ1) is 19.0. The van der Waals surface area contributed by atoms with Crippen molar-refractivity contribution < 1.29 is 19.2 Å². The Balaban J connectivity index is 2.11. The van der Waals surface area contributed by atoms with Crippen molar-refractivity contribution in [1.82, 2.24) is 4.90 Å². The maximum atomic E-state index is 12.3.